The van der Waals surface area contributed by atoms with Crippen LogP contribution in [0.5, 0.6) is 0 Å². The second kappa shape index (κ2) is 6.15. The maximum Gasteiger partial charge on any atom is 0.264 e. The van der Waals surface area contributed by atoms with Gasteiger partial charge in [0.2, 0.25) is 5.89 Å². The largest absolute Gasteiger partial charge is 0.337 e. The molecule has 0 amide bonds. The zero-order chi connectivity index (χ0) is 15.6. The monoisotopic (exact) mass is 332 g/mol. The molecule has 0 saturated carbocycles. The molecule has 2 rings (SSSR count). The van der Waals surface area contributed by atoms with Crippen LogP contribution in [0.3, 0.4) is 0 Å². The summed E-state index contributed by atoms with van der Waals surface area (Å²) in [7, 11) is 1.70. The number of hydrogen-bond acceptors (Lipinski definition) is 6. The summed E-state index contributed by atoms with van der Waals surface area (Å²) in [5.74, 6) is 1.00. The molecule has 0 atom stereocenters. The molecule has 0 N–H and O–H groups in total. The Balaban J connectivity index is 2.46. The Morgan fingerprint density at radius 3 is 2.38 bits per heavy atom. The van der Waals surface area contributed by atoms with Crippen molar-refractivity contribution in [2.45, 2.75) is 51.5 Å². The topological polar surface area (TPSA) is 90.9 Å². The van der Waals surface area contributed by atoms with Gasteiger partial charge in [0, 0.05) is 17.1 Å². The van der Waals surface area contributed by atoms with E-state index >= 15 is 0 Å². The van der Waals surface area contributed by atoms with Crippen LogP contribution < -0.4 is 0 Å². The number of aryl methyl sites for hydroxylation is 2. The molecule has 0 aliphatic rings. The predicted molar refractivity (Wildman–Crippen MR) is 76.8 cm³/mol. The molecule has 0 fully saturated rings. The van der Waals surface area contributed by atoms with E-state index in [2.05, 4.69) is 15.2 Å². The third-order valence-electron chi connectivity index (χ3n) is 3.10. The number of rotatable bonds is 6. The van der Waals surface area contributed by atoms with Gasteiger partial charge in [-0.1, -0.05) is 25.9 Å². The summed E-state index contributed by atoms with van der Waals surface area (Å²) >= 11 is 0. The Hall–Kier alpha value is -1.41. The molecule has 2 aromatic heterocycles. The van der Waals surface area contributed by atoms with Gasteiger partial charge >= 0.3 is 0 Å². The van der Waals surface area contributed by atoms with E-state index in [4.69, 9.17) is 15.2 Å². The average molecular weight is 333 g/mol. The van der Waals surface area contributed by atoms with Crippen LogP contribution in [0, 0.1) is 0 Å². The van der Waals surface area contributed by atoms with Crippen LogP contribution >= 0.6 is 10.7 Å². The molecule has 0 bridgehead atoms. The Bertz CT molecular complexity index is 736. The van der Waals surface area contributed by atoms with Gasteiger partial charge in [0.1, 0.15) is 11.4 Å². The van der Waals surface area contributed by atoms with Crippen molar-refractivity contribution >= 4 is 19.7 Å². The lowest BCUT2D eigenvalue weighted by Gasteiger charge is -2.03. The SMILES string of the molecule is CCc1noc(Cn2nc(CC)c(S(=O)(=O)Cl)c2CC)n1. The minimum absolute atomic E-state index is 0.101. The second-order valence-corrected chi connectivity index (χ2v) is 6.99. The Morgan fingerprint density at radius 1 is 1.19 bits per heavy atom. The highest BCUT2D eigenvalue weighted by molar-refractivity contribution is 8.13. The maximum atomic E-state index is 11.8. The molecule has 0 spiro atoms. The average Bonchev–Trinajstić information content (AvgIpc) is 3.02. The molecule has 0 aliphatic heterocycles. The van der Waals surface area contributed by atoms with Crippen molar-refractivity contribution in [1.82, 2.24) is 19.9 Å². The van der Waals surface area contributed by atoms with Gasteiger partial charge in [-0.3, -0.25) is 4.68 Å². The van der Waals surface area contributed by atoms with Crippen LogP contribution in [0.4, 0.5) is 0 Å². The first-order valence-electron chi connectivity index (χ1n) is 6.75. The summed E-state index contributed by atoms with van der Waals surface area (Å²) in [4.78, 5) is 4.31. The molecule has 21 heavy (non-hydrogen) atoms. The van der Waals surface area contributed by atoms with Crippen LogP contribution in [-0.2, 0) is 34.9 Å². The highest BCUT2D eigenvalue weighted by atomic mass is 35.7. The van der Waals surface area contributed by atoms with Crippen LogP contribution in [0.1, 0.15) is 43.9 Å². The summed E-state index contributed by atoms with van der Waals surface area (Å²) < 4.78 is 30.2. The Kier molecular flexibility index (Phi) is 4.67. The first kappa shape index (κ1) is 16.0. The molecule has 7 nitrogen and oxygen atoms in total. The molecule has 0 saturated heterocycles. The molecule has 0 aliphatic carbocycles. The van der Waals surface area contributed by atoms with Crippen molar-refractivity contribution < 1.29 is 12.9 Å². The summed E-state index contributed by atoms with van der Waals surface area (Å²) in [6, 6.07) is 0. The smallest absolute Gasteiger partial charge is 0.264 e. The molecular formula is C12H17ClN4O3S. The lowest BCUT2D eigenvalue weighted by molar-refractivity contribution is 0.359. The van der Waals surface area contributed by atoms with Crippen LogP contribution in [0.15, 0.2) is 9.42 Å². The summed E-state index contributed by atoms with van der Waals surface area (Å²) in [6.07, 6.45) is 1.64. The first-order valence-corrected chi connectivity index (χ1v) is 9.06. The third-order valence-corrected chi connectivity index (χ3v) is 4.52. The second-order valence-electron chi connectivity index (χ2n) is 4.48. The van der Waals surface area contributed by atoms with Gasteiger partial charge in [-0.05, 0) is 12.8 Å². The summed E-state index contributed by atoms with van der Waals surface area (Å²) in [5, 5.41) is 8.13. The van der Waals surface area contributed by atoms with E-state index in [1.54, 1.807) is 4.68 Å². The molecule has 0 aromatic carbocycles. The van der Waals surface area contributed by atoms with E-state index in [1.807, 2.05) is 20.8 Å². The van der Waals surface area contributed by atoms with E-state index in [-0.39, 0.29) is 11.4 Å². The van der Waals surface area contributed by atoms with Crippen LogP contribution in [-0.4, -0.2) is 28.3 Å². The molecule has 0 unspecified atom stereocenters. The quantitative estimate of drug-likeness (QED) is 0.751. The standard InChI is InChI=1S/C12H17ClN4O3S/c1-4-8-12(21(13,18)19)9(5-2)17(15-8)7-11-14-10(6-3)16-20-11/h4-7H2,1-3H3. The molecule has 116 valence electrons. The molecule has 0 radical (unpaired) electrons. The van der Waals surface area contributed by atoms with Gasteiger partial charge in [0.15, 0.2) is 5.82 Å². The Morgan fingerprint density at radius 2 is 1.90 bits per heavy atom. The van der Waals surface area contributed by atoms with E-state index in [9.17, 15) is 8.42 Å². The fourth-order valence-electron chi connectivity index (χ4n) is 2.15. The van der Waals surface area contributed by atoms with E-state index in [0.717, 1.165) is 0 Å². The predicted octanol–water partition coefficient (Wildman–Crippen LogP) is 1.93. The van der Waals surface area contributed by atoms with Crippen molar-refractivity contribution in [3.05, 3.63) is 23.1 Å². The zero-order valence-corrected chi connectivity index (χ0v) is 13.7. The Labute approximate surface area is 127 Å². The lowest BCUT2D eigenvalue weighted by atomic mass is 10.2. The van der Waals surface area contributed by atoms with Gasteiger partial charge in [-0.25, -0.2) is 8.42 Å². The minimum Gasteiger partial charge on any atom is -0.337 e. The van der Waals surface area contributed by atoms with Gasteiger partial charge < -0.3 is 4.52 Å². The van der Waals surface area contributed by atoms with Gasteiger partial charge in [0.05, 0.1) is 11.4 Å². The molecule has 9 heteroatoms. The zero-order valence-electron chi connectivity index (χ0n) is 12.1. The van der Waals surface area contributed by atoms with E-state index in [1.165, 1.54) is 0 Å². The van der Waals surface area contributed by atoms with Crippen LogP contribution in [0.2, 0.25) is 0 Å². The van der Waals surface area contributed by atoms with Crippen molar-refractivity contribution in [3.8, 4) is 0 Å². The van der Waals surface area contributed by atoms with E-state index < -0.39 is 9.05 Å². The van der Waals surface area contributed by atoms with Crippen molar-refractivity contribution in [1.29, 1.82) is 0 Å². The normalized spacial score (nSPS) is 12.0. The van der Waals surface area contributed by atoms with Crippen LogP contribution in [0.25, 0.3) is 0 Å². The number of hydrogen-bond donors (Lipinski definition) is 0. The first-order chi connectivity index (χ1) is 9.90. The highest BCUT2D eigenvalue weighted by Gasteiger charge is 2.26. The summed E-state index contributed by atoms with van der Waals surface area (Å²) in [5.41, 5.74) is 1.01. The summed E-state index contributed by atoms with van der Waals surface area (Å²) in [6.45, 7) is 5.84. The van der Waals surface area contributed by atoms with Gasteiger partial charge in [0.25, 0.3) is 9.05 Å². The fourth-order valence-corrected chi connectivity index (χ4v) is 3.68. The number of halogens is 1. The van der Waals surface area contributed by atoms with Crippen molar-refractivity contribution in [3.63, 3.8) is 0 Å². The fraction of sp³-hybridized carbons (Fsp3) is 0.583. The van der Waals surface area contributed by atoms with E-state index in [0.29, 0.717) is 42.4 Å². The maximum absolute atomic E-state index is 11.8. The minimum atomic E-state index is -3.84. The van der Waals surface area contributed by atoms with Crippen molar-refractivity contribution in [2.24, 2.45) is 0 Å². The third kappa shape index (κ3) is 3.26. The number of aromatic nitrogens is 4. The molecule has 2 aromatic rings. The molecular weight excluding hydrogens is 316 g/mol. The number of nitrogens with zero attached hydrogens (tertiary/aromatic N) is 4. The van der Waals surface area contributed by atoms with Crippen molar-refractivity contribution in [2.75, 3.05) is 0 Å². The highest BCUT2D eigenvalue weighted by Crippen LogP contribution is 2.25. The van der Waals surface area contributed by atoms with Gasteiger partial charge in [-0.2, -0.15) is 10.1 Å². The van der Waals surface area contributed by atoms with Gasteiger partial charge in [-0.15, -0.1) is 0 Å². The lowest BCUT2D eigenvalue weighted by Crippen LogP contribution is -2.07. The molecule has 2 heterocycles.